The molecule has 2 aromatic heterocycles. The molecule has 4 rings (SSSR count). The number of primary amides is 1. The molecule has 3 N–H and O–H groups in total. The van der Waals surface area contributed by atoms with Crippen molar-refractivity contribution in [3.63, 3.8) is 0 Å². The Kier molecular flexibility index (Phi) is 7.02. The molecule has 164 valence electrons. The van der Waals surface area contributed by atoms with Gasteiger partial charge in [0.05, 0.1) is 0 Å². The number of rotatable bonds is 4. The van der Waals surface area contributed by atoms with E-state index in [9.17, 15) is 9.59 Å². The van der Waals surface area contributed by atoms with Gasteiger partial charge in [-0.3, -0.25) is 9.36 Å². The lowest BCUT2D eigenvalue weighted by atomic mass is 9.93. The Bertz CT molecular complexity index is 1160. The van der Waals surface area contributed by atoms with Crippen LogP contribution in [0.1, 0.15) is 25.7 Å². The number of amides is 1. The molecule has 0 bridgehead atoms. The number of ether oxygens (including phenoxy) is 1. The number of hydrogen-bond donors (Lipinski definition) is 2. The average molecular weight is 464 g/mol. The van der Waals surface area contributed by atoms with Gasteiger partial charge in [-0.2, -0.15) is 4.98 Å². The van der Waals surface area contributed by atoms with Gasteiger partial charge in [0, 0.05) is 40.8 Å². The predicted molar refractivity (Wildman–Crippen MR) is 123 cm³/mol. The van der Waals surface area contributed by atoms with E-state index in [1.807, 2.05) is 18.2 Å². The number of carbonyl (C=O) groups excluding carboxylic acids is 1. The summed E-state index contributed by atoms with van der Waals surface area (Å²) < 4.78 is 6.58. The molecule has 1 fully saturated rings. The Morgan fingerprint density at radius 3 is 2.61 bits per heavy atom. The fourth-order valence-corrected chi connectivity index (χ4v) is 4.10. The van der Waals surface area contributed by atoms with Gasteiger partial charge in [0.25, 0.3) is 5.56 Å². The number of pyridine rings is 1. The summed E-state index contributed by atoms with van der Waals surface area (Å²) in [6, 6.07) is 9.18. The topological polar surface area (TPSA) is 112 Å². The number of anilines is 1. The molecule has 8 nitrogen and oxygen atoms in total. The number of nitrogens with zero attached hydrogens (tertiary/aromatic N) is 3. The van der Waals surface area contributed by atoms with E-state index in [1.165, 1.54) is 4.57 Å². The van der Waals surface area contributed by atoms with Crippen LogP contribution in [0.15, 0.2) is 41.3 Å². The van der Waals surface area contributed by atoms with Gasteiger partial charge in [0.2, 0.25) is 5.95 Å². The van der Waals surface area contributed by atoms with Crippen LogP contribution in [0.3, 0.4) is 0 Å². The summed E-state index contributed by atoms with van der Waals surface area (Å²) in [6.07, 6.45) is 3.91. The average Bonchev–Trinajstić information content (AvgIpc) is 2.73. The van der Waals surface area contributed by atoms with Gasteiger partial charge in [0.15, 0.2) is 0 Å². The second kappa shape index (κ2) is 9.53. The summed E-state index contributed by atoms with van der Waals surface area (Å²) in [7, 11) is 1.69. The number of nitrogens with one attached hydrogen (secondary N) is 1. The van der Waals surface area contributed by atoms with Crippen molar-refractivity contribution in [1.82, 2.24) is 14.5 Å². The van der Waals surface area contributed by atoms with Crippen molar-refractivity contribution in [2.24, 2.45) is 12.8 Å². The van der Waals surface area contributed by atoms with Crippen molar-refractivity contribution < 1.29 is 9.53 Å². The first kappa shape index (κ1) is 22.8. The quantitative estimate of drug-likeness (QED) is 0.606. The number of aromatic nitrogens is 3. The van der Waals surface area contributed by atoms with Crippen molar-refractivity contribution in [1.29, 1.82) is 0 Å². The molecule has 0 unspecified atom stereocenters. The number of halogens is 2. The largest absolute Gasteiger partial charge is 0.446 e. The van der Waals surface area contributed by atoms with Crippen LogP contribution in [0.25, 0.3) is 22.2 Å². The monoisotopic (exact) mass is 463 g/mol. The molecule has 10 heteroatoms. The van der Waals surface area contributed by atoms with Crippen molar-refractivity contribution in [2.45, 2.75) is 37.8 Å². The van der Waals surface area contributed by atoms with Gasteiger partial charge in [-0.25, -0.2) is 9.78 Å². The third-order valence-electron chi connectivity index (χ3n) is 5.40. The maximum absolute atomic E-state index is 12.9. The van der Waals surface area contributed by atoms with E-state index in [-0.39, 0.29) is 30.1 Å². The second-order valence-electron chi connectivity index (χ2n) is 7.43. The number of nitrogens with two attached hydrogens (primary N) is 1. The molecule has 31 heavy (non-hydrogen) atoms. The predicted octanol–water partition coefficient (Wildman–Crippen LogP) is 3.89. The van der Waals surface area contributed by atoms with Crippen molar-refractivity contribution in [2.75, 3.05) is 5.32 Å². The molecule has 0 aliphatic heterocycles. The summed E-state index contributed by atoms with van der Waals surface area (Å²) in [5.74, 6) is 0.460. The van der Waals surface area contributed by atoms with Crippen LogP contribution in [0.2, 0.25) is 5.02 Å². The molecule has 3 aromatic rings. The smallest absolute Gasteiger partial charge is 0.404 e. The fourth-order valence-electron chi connectivity index (χ4n) is 3.86. The molecule has 0 atom stereocenters. The zero-order valence-corrected chi connectivity index (χ0v) is 18.4. The van der Waals surface area contributed by atoms with E-state index in [0.29, 0.717) is 27.7 Å². The second-order valence-corrected chi connectivity index (χ2v) is 7.84. The number of hydrogen-bond acceptors (Lipinski definition) is 6. The molecule has 1 aromatic carbocycles. The first-order chi connectivity index (χ1) is 14.4. The Morgan fingerprint density at radius 1 is 1.23 bits per heavy atom. The normalized spacial score (nSPS) is 18.3. The van der Waals surface area contributed by atoms with E-state index in [4.69, 9.17) is 22.1 Å². The van der Waals surface area contributed by atoms with E-state index in [1.54, 1.807) is 25.4 Å². The minimum atomic E-state index is -0.735. The Morgan fingerprint density at radius 2 is 1.94 bits per heavy atom. The number of benzene rings is 1. The first-order valence-electron chi connectivity index (χ1n) is 9.76. The van der Waals surface area contributed by atoms with Crippen LogP contribution in [0.4, 0.5) is 10.7 Å². The molecule has 2 heterocycles. The van der Waals surface area contributed by atoms with Crippen molar-refractivity contribution in [3.05, 3.63) is 51.9 Å². The fraction of sp³-hybridized carbons (Fsp3) is 0.333. The van der Waals surface area contributed by atoms with E-state index in [0.717, 1.165) is 31.1 Å². The van der Waals surface area contributed by atoms with E-state index in [2.05, 4.69) is 15.3 Å². The molecule has 1 aliphatic carbocycles. The lowest BCUT2D eigenvalue weighted by Gasteiger charge is -2.28. The maximum atomic E-state index is 12.9. The number of aryl methyl sites for hydroxylation is 1. The molecule has 1 aliphatic rings. The SMILES string of the molecule is Cl.Cn1c(=O)c(-c2ccccc2Cl)cc2cnc(NC3CCC(OC(N)=O)CC3)nc21. The molecular formula is C21H23Cl2N5O3. The highest BCUT2D eigenvalue weighted by atomic mass is 35.5. The minimum Gasteiger partial charge on any atom is -0.446 e. The van der Waals surface area contributed by atoms with Crippen LogP contribution < -0.4 is 16.6 Å². The molecular weight excluding hydrogens is 441 g/mol. The van der Waals surface area contributed by atoms with Crippen LogP contribution in [0, 0.1) is 0 Å². The zero-order valence-electron chi connectivity index (χ0n) is 16.9. The van der Waals surface area contributed by atoms with E-state index >= 15 is 0 Å². The lowest BCUT2D eigenvalue weighted by molar-refractivity contribution is 0.0805. The van der Waals surface area contributed by atoms with Gasteiger partial charge >= 0.3 is 6.09 Å². The molecule has 0 spiro atoms. The highest BCUT2D eigenvalue weighted by molar-refractivity contribution is 6.33. The van der Waals surface area contributed by atoms with Gasteiger partial charge in [-0.05, 0) is 37.8 Å². The minimum absolute atomic E-state index is 0. The summed E-state index contributed by atoms with van der Waals surface area (Å²) in [5, 5.41) is 4.58. The van der Waals surface area contributed by atoms with Gasteiger partial charge in [-0.1, -0.05) is 29.8 Å². The van der Waals surface area contributed by atoms with Gasteiger partial charge < -0.3 is 15.8 Å². The molecule has 0 radical (unpaired) electrons. The summed E-state index contributed by atoms with van der Waals surface area (Å²) in [5.41, 5.74) is 6.64. The van der Waals surface area contributed by atoms with E-state index < -0.39 is 6.09 Å². The molecule has 1 amide bonds. The van der Waals surface area contributed by atoms with Gasteiger partial charge in [0.1, 0.15) is 11.8 Å². The first-order valence-corrected chi connectivity index (χ1v) is 10.1. The molecule has 0 saturated heterocycles. The maximum Gasteiger partial charge on any atom is 0.404 e. The zero-order chi connectivity index (χ0) is 21.3. The lowest BCUT2D eigenvalue weighted by Crippen LogP contribution is -2.32. The van der Waals surface area contributed by atoms with Crippen LogP contribution in [-0.4, -0.2) is 32.8 Å². The van der Waals surface area contributed by atoms with Gasteiger partial charge in [-0.15, -0.1) is 12.4 Å². The Labute approximate surface area is 190 Å². The van der Waals surface area contributed by atoms with Crippen LogP contribution in [0.5, 0.6) is 0 Å². The van der Waals surface area contributed by atoms with Crippen LogP contribution >= 0.6 is 24.0 Å². The molecule has 1 saturated carbocycles. The van der Waals surface area contributed by atoms with Crippen molar-refractivity contribution in [3.8, 4) is 11.1 Å². The number of fused-ring (bicyclic) bond motifs is 1. The summed E-state index contributed by atoms with van der Waals surface area (Å²) in [6.45, 7) is 0. The highest BCUT2D eigenvalue weighted by Crippen LogP contribution is 2.27. The third-order valence-corrected chi connectivity index (χ3v) is 5.73. The van der Waals surface area contributed by atoms with Crippen molar-refractivity contribution >= 4 is 47.1 Å². The van der Waals surface area contributed by atoms with Crippen LogP contribution in [-0.2, 0) is 11.8 Å². The summed E-state index contributed by atoms with van der Waals surface area (Å²) in [4.78, 5) is 32.8. The standard InChI is InChI=1S/C21H22ClN5O3.ClH/c1-27-18-12(10-16(19(27)28)15-4-2-3-5-17(15)22)11-24-21(26-18)25-13-6-8-14(9-7-13)30-20(23)29;/h2-5,10-11,13-14H,6-9H2,1H3,(H2,23,29)(H,24,25,26);1H. The number of carbonyl (C=O) groups is 1. The summed E-state index contributed by atoms with van der Waals surface area (Å²) >= 11 is 6.28. The Hall–Kier alpha value is -2.84. The third kappa shape index (κ3) is 4.91. The highest BCUT2D eigenvalue weighted by Gasteiger charge is 2.24. The Balaban J connectivity index is 0.00000272.